The Labute approximate surface area is 174 Å². The summed E-state index contributed by atoms with van der Waals surface area (Å²) in [5, 5.41) is 11.0. The number of aromatic nitrogens is 2. The van der Waals surface area contributed by atoms with E-state index in [2.05, 4.69) is 41.8 Å². The van der Waals surface area contributed by atoms with Crippen molar-refractivity contribution < 1.29 is 9.47 Å². The van der Waals surface area contributed by atoms with E-state index in [9.17, 15) is 0 Å². The molecule has 1 heterocycles. The number of nitrogens with one attached hydrogen (secondary N) is 2. The van der Waals surface area contributed by atoms with Gasteiger partial charge in [0.25, 0.3) is 0 Å². The van der Waals surface area contributed by atoms with E-state index in [4.69, 9.17) is 14.5 Å². The summed E-state index contributed by atoms with van der Waals surface area (Å²) in [6.07, 6.45) is 5.92. The largest absolute Gasteiger partial charge is 0.490 e. The second-order valence-electron chi connectivity index (χ2n) is 6.82. The molecule has 2 aromatic rings. The molecule has 7 nitrogen and oxygen atoms in total. The summed E-state index contributed by atoms with van der Waals surface area (Å²) < 4.78 is 13.2. The zero-order valence-electron chi connectivity index (χ0n) is 18.4. The van der Waals surface area contributed by atoms with E-state index in [-0.39, 0.29) is 6.04 Å². The molecule has 160 valence electrons. The third-order valence-corrected chi connectivity index (χ3v) is 4.42. The first-order valence-corrected chi connectivity index (χ1v) is 10.5. The molecule has 0 saturated carbocycles. The quantitative estimate of drug-likeness (QED) is 0.343. The summed E-state index contributed by atoms with van der Waals surface area (Å²) >= 11 is 0. The number of hydrogen-bond donors (Lipinski definition) is 2. The standard InChI is InChI=1S/C22H35N5O2/c1-6-23-22(24-13-9-10-18-15-25-27(5)16-18)26-17(4)19-11-12-20(28-7-2)21(14-19)29-8-3/h11-12,14-17H,6-10,13H2,1-5H3,(H2,23,24,26). The van der Waals surface area contributed by atoms with Crippen LogP contribution in [0.5, 0.6) is 11.5 Å². The Morgan fingerprint density at radius 1 is 1.17 bits per heavy atom. The van der Waals surface area contributed by atoms with Crippen molar-refractivity contribution in [2.45, 2.75) is 46.6 Å². The average Bonchev–Trinajstić information content (AvgIpc) is 3.12. The van der Waals surface area contributed by atoms with Gasteiger partial charge < -0.3 is 20.1 Å². The van der Waals surface area contributed by atoms with E-state index in [0.29, 0.717) is 13.2 Å². The second kappa shape index (κ2) is 12.0. The number of ether oxygens (including phenoxy) is 2. The summed E-state index contributed by atoms with van der Waals surface area (Å²) in [6.45, 7) is 10.9. The third-order valence-electron chi connectivity index (χ3n) is 4.42. The Morgan fingerprint density at radius 2 is 1.93 bits per heavy atom. The topological polar surface area (TPSA) is 72.7 Å². The summed E-state index contributed by atoms with van der Waals surface area (Å²) in [4.78, 5) is 4.72. The van der Waals surface area contributed by atoms with Gasteiger partial charge in [0, 0.05) is 26.3 Å². The van der Waals surface area contributed by atoms with Crippen molar-refractivity contribution >= 4 is 5.96 Å². The summed E-state index contributed by atoms with van der Waals surface area (Å²) in [5.41, 5.74) is 2.37. The molecule has 0 aliphatic heterocycles. The minimum Gasteiger partial charge on any atom is -0.490 e. The summed E-state index contributed by atoms with van der Waals surface area (Å²) in [5.74, 6) is 2.37. The van der Waals surface area contributed by atoms with Crippen LogP contribution in [0.1, 0.15) is 51.3 Å². The lowest BCUT2D eigenvalue weighted by Crippen LogP contribution is -2.38. The van der Waals surface area contributed by atoms with Gasteiger partial charge in [-0.15, -0.1) is 0 Å². The van der Waals surface area contributed by atoms with Gasteiger partial charge in [0.15, 0.2) is 17.5 Å². The first kappa shape index (κ1) is 22.6. The molecule has 2 N–H and O–H groups in total. The Bertz CT molecular complexity index is 772. The van der Waals surface area contributed by atoms with Gasteiger partial charge in [0.2, 0.25) is 0 Å². The molecule has 29 heavy (non-hydrogen) atoms. The molecule has 2 rings (SSSR count). The third kappa shape index (κ3) is 7.33. The fraction of sp³-hybridized carbons (Fsp3) is 0.545. The van der Waals surface area contributed by atoms with Gasteiger partial charge in [-0.1, -0.05) is 6.07 Å². The molecule has 0 bridgehead atoms. The van der Waals surface area contributed by atoms with E-state index in [0.717, 1.165) is 49.0 Å². The normalized spacial score (nSPS) is 12.5. The Kier molecular flexibility index (Phi) is 9.34. The van der Waals surface area contributed by atoms with Crippen LogP contribution < -0.4 is 20.1 Å². The van der Waals surface area contributed by atoms with Gasteiger partial charge in [0.1, 0.15) is 0 Å². The van der Waals surface area contributed by atoms with Crippen LogP contribution in [-0.2, 0) is 13.5 Å². The van der Waals surface area contributed by atoms with E-state index >= 15 is 0 Å². The van der Waals surface area contributed by atoms with Crippen LogP contribution in [0.2, 0.25) is 0 Å². The number of aryl methyl sites for hydroxylation is 2. The van der Waals surface area contributed by atoms with Gasteiger partial charge in [-0.05, 0) is 63.8 Å². The minimum atomic E-state index is 0.0843. The molecule has 1 unspecified atom stereocenters. The fourth-order valence-electron chi connectivity index (χ4n) is 3.02. The van der Waals surface area contributed by atoms with Gasteiger partial charge in [0.05, 0.1) is 25.5 Å². The Balaban J connectivity index is 1.98. The minimum absolute atomic E-state index is 0.0843. The summed E-state index contributed by atoms with van der Waals surface area (Å²) in [7, 11) is 1.94. The van der Waals surface area contributed by atoms with Crippen LogP contribution in [0.4, 0.5) is 0 Å². The maximum absolute atomic E-state index is 5.75. The van der Waals surface area contributed by atoms with Crippen molar-refractivity contribution in [2.75, 3.05) is 26.3 Å². The monoisotopic (exact) mass is 401 g/mol. The molecular formula is C22H35N5O2. The number of benzene rings is 1. The molecule has 0 aliphatic rings. The maximum Gasteiger partial charge on any atom is 0.191 e. The van der Waals surface area contributed by atoms with Crippen LogP contribution in [0.3, 0.4) is 0 Å². The number of nitrogens with zero attached hydrogens (tertiary/aromatic N) is 3. The maximum atomic E-state index is 5.75. The SMILES string of the molecule is CCNC(=NCCCc1cnn(C)c1)NC(C)c1ccc(OCC)c(OCC)c1. The molecule has 7 heteroatoms. The van der Waals surface area contributed by atoms with Crippen molar-refractivity contribution in [3.8, 4) is 11.5 Å². The molecule has 1 aromatic heterocycles. The highest BCUT2D eigenvalue weighted by atomic mass is 16.5. The lowest BCUT2D eigenvalue weighted by Gasteiger charge is -2.20. The van der Waals surface area contributed by atoms with E-state index < -0.39 is 0 Å². The zero-order chi connectivity index (χ0) is 21.1. The van der Waals surface area contributed by atoms with Crippen molar-refractivity contribution in [3.63, 3.8) is 0 Å². The van der Waals surface area contributed by atoms with E-state index in [1.165, 1.54) is 5.56 Å². The number of hydrogen-bond acceptors (Lipinski definition) is 4. The van der Waals surface area contributed by atoms with Gasteiger partial charge in [-0.25, -0.2) is 0 Å². The Hall–Kier alpha value is -2.70. The van der Waals surface area contributed by atoms with Crippen LogP contribution in [0.15, 0.2) is 35.6 Å². The molecule has 0 spiro atoms. The van der Waals surface area contributed by atoms with Gasteiger partial charge >= 0.3 is 0 Å². The first-order valence-electron chi connectivity index (χ1n) is 10.5. The second-order valence-corrected chi connectivity index (χ2v) is 6.82. The van der Waals surface area contributed by atoms with Gasteiger partial charge in [-0.2, -0.15) is 5.10 Å². The van der Waals surface area contributed by atoms with Crippen molar-refractivity contribution in [1.29, 1.82) is 0 Å². The lowest BCUT2D eigenvalue weighted by atomic mass is 10.1. The molecule has 1 atom stereocenters. The predicted octanol–water partition coefficient (Wildman–Crippen LogP) is 3.47. The highest BCUT2D eigenvalue weighted by Gasteiger charge is 2.12. The first-order chi connectivity index (χ1) is 14.1. The zero-order valence-corrected chi connectivity index (χ0v) is 18.4. The summed E-state index contributed by atoms with van der Waals surface area (Å²) in [6, 6.07) is 6.16. The van der Waals surface area contributed by atoms with Crippen molar-refractivity contribution in [1.82, 2.24) is 20.4 Å². The lowest BCUT2D eigenvalue weighted by molar-refractivity contribution is 0.287. The Morgan fingerprint density at radius 3 is 2.59 bits per heavy atom. The molecule has 0 amide bonds. The van der Waals surface area contributed by atoms with Crippen LogP contribution >= 0.6 is 0 Å². The fourth-order valence-corrected chi connectivity index (χ4v) is 3.02. The van der Waals surface area contributed by atoms with E-state index in [1.54, 1.807) is 0 Å². The molecule has 0 fully saturated rings. The molecular weight excluding hydrogens is 366 g/mol. The number of guanidine groups is 1. The van der Waals surface area contributed by atoms with Gasteiger partial charge in [-0.3, -0.25) is 9.67 Å². The average molecular weight is 402 g/mol. The van der Waals surface area contributed by atoms with Crippen LogP contribution in [0, 0.1) is 0 Å². The smallest absolute Gasteiger partial charge is 0.191 e. The molecule has 0 radical (unpaired) electrons. The number of aliphatic imine (C=N–C) groups is 1. The molecule has 1 aromatic carbocycles. The molecule has 0 saturated heterocycles. The predicted molar refractivity (Wildman–Crippen MR) is 118 cm³/mol. The highest BCUT2D eigenvalue weighted by Crippen LogP contribution is 2.30. The van der Waals surface area contributed by atoms with Crippen molar-refractivity contribution in [3.05, 3.63) is 41.7 Å². The van der Waals surface area contributed by atoms with Crippen LogP contribution in [-0.4, -0.2) is 42.0 Å². The van der Waals surface area contributed by atoms with Crippen LogP contribution in [0.25, 0.3) is 0 Å². The van der Waals surface area contributed by atoms with E-state index in [1.807, 2.05) is 43.9 Å². The van der Waals surface area contributed by atoms with Crippen molar-refractivity contribution in [2.24, 2.45) is 12.0 Å². The molecule has 0 aliphatic carbocycles. The number of rotatable bonds is 11. The highest BCUT2D eigenvalue weighted by molar-refractivity contribution is 5.80.